The molecule has 0 aromatic heterocycles. The lowest BCUT2D eigenvalue weighted by molar-refractivity contribution is -0.124. The highest BCUT2D eigenvalue weighted by molar-refractivity contribution is 5.82. The molecule has 0 atom stereocenters. The zero-order chi connectivity index (χ0) is 8.69. The SMILES string of the molecule is N#CCNC(=O)CCC(N)=O. The second-order valence-electron chi connectivity index (χ2n) is 1.90. The number of amides is 2. The van der Waals surface area contributed by atoms with E-state index in [4.69, 9.17) is 11.0 Å². The topological polar surface area (TPSA) is 96.0 Å². The van der Waals surface area contributed by atoms with Gasteiger partial charge in [-0.3, -0.25) is 9.59 Å². The molecule has 60 valence electrons. The van der Waals surface area contributed by atoms with Crippen molar-refractivity contribution in [2.45, 2.75) is 12.8 Å². The van der Waals surface area contributed by atoms with Crippen LogP contribution in [0, 0.1) is 11.3 Å². The van der Waals surface area contributed by atoms with Gasteiger partial charge in [0.05, 0.1) is 6.07 Å². The molecule has 0 aliphatic carbocycles. The van der Waals surface area contributed by atoms with Gasteiger partial charge in [-0.1, -0.05) is 0 Å². The quantitative estimate of drug-likeness (QED) is 0.504. The van der Waals surface area contributed by atoms with E-state index in [9.17, 15) is 9.59 Å². The van der Waals surface area contributed by atoms with E-state index in [-0.39, 0.29) is 25.3 Å². The van der Waals surface area contributed by atoms with Crippen LogP contribution in [0.2, 0.25) is 0 Å². The van der Waals surface area contributed by atoms with Crippen molar-refractivity contribution in [1.82, 2.24) is 5.32 Å². The zero-order valence-corrected chi connectivity index (χ0v) is 5.96. The largest absolute Gasteiger partial charge is 0.370 e. The number of carbonyl (C=O) groups is 2. The first-order valence-electron chi connectivity index (χ1n) is 3.08. The fraction of sp³-hybridized carbons (Fsp3) is 0.500. The van der Waals surface area contributed by atoms with Crippen LogP contribution in [0.25, 0.3) is 0 Å². The minimum Gasteiger partial charge on any atom is -0.370 e. The van der Waals surface area contributed by atoms with Crippen LogP contribution >= 0.6 is 0 Å². The Hall–Kier alpha value is -1.57. The summed E-state index contributed by atoms with van der Waals surface area (Å²) in [6.45, 7) is -0.0302. The van der Waals surface area contributed by atoms with Gasteiger partial charge in [-0.2, -0.15) is 5.26 Å². The lowest BCUT2D eigenvalue weighted by atomic mass is 10.3. The number of nitrogens with two attached hydrogens (primary N) is 1. The summed E-state index contributed by atoms with van der Waals surface area (Å²) in [5, 5.41) is 10.3. The van der Waals surface area contributed by atoms with Gasteiger partial charge in [0.2, 0.25) is 11.8 Å². The molecular weight excluding hydrogens is 146 g/mol. The van der Waals surface area contributed by atoms with Gasteiger partial charge in [0.25, 0.3) is 0 Å². The van der Waals surface area contributed by atoms with Crippen molar-refractivity contribution < 1.29 is 9.59 Å². The molecule has 2 amide bonds. The van der Waals surface area contributed by atoms with Crippen molar-refractivity contribution in [3.05, 3.63) is 0 Å². The predicted molar refractivity (Wildman–Crippen MR) is 37.1 cm³/mol. The molecule has 0 fully saturated rings. The molecule has 0 saturated heterocycles. The lowest BCUT2D eigenvalue weighted by Crippen LogP contribution is -2.25. The van der Waals surface area contributed by atoms with Crippen LogP contribution in [-0.2, 0) is 9.59 Å². The molecule has 0 radical (unpaired) electrons. The molecule has 0 aliphatic rings. The molecule has 0 bridgehead atoms. The summed E-state index contributed by atoms with van der Waals surface area (Å²) >= 11 is 0. The first-order chi connectivity index (χ1) is 5.16. The summed E-state index contributed by atoms with van der Waals surface area (Å²) < 4.78 is 0. The Morgan fingerprint density at radius 2 is 2.09 bits per heavy atom. The van der Waals surface area contributed by atoms with Crippen LogP contribution in [0.1, 0.15) is 12.8 Å². The lowest BCUT2D eigenvalue weighted by Gasteiger charge is -1.96. The third-order valence-corrected chi connectivity index (χ3v) is 0.963. The predicted octanol–water partition coefficient (Wildman–Crippen LogP) is -1.11. The molecule has 0 spiro atoms. The molecule has 11 heavy (non-hydrogen) atoms. The maximum Gasteiger partial charge on any atom is 0.221 e. The van der Waals surface area contributed by atoms with Crippen molar-refractivity contribution in [2.75, 3.05) is 6.54 Å². The van der Waals surface area contributed by atoms with E-state index in [1.165, 1.54) is 0 Å². The number of hydrogen-bond donors (Lipinski definition) is 2. The normalized spacial score (nSPS) is 8.27. The second kappa shape index (κ2) is 5.23. The van der Waals surface area contributed by atoms with Crippen LogP contribution in [0.3, 0.4) is 0 Å². The number of rotatable bonds is 4. The highest BCUT2D eigenvalue weighted by atomic mass is 16.2. The van der Waals surface area contributed by atoms with Gasteiger partial charge in [-0.05, 0) is 0 Å². The van der Waals surface area contributed by atoms with Crippen LogP contribution in [0.15, 0.2) is 0 Å². The van der Waals surface area contributed by atoms with Crippen LogP contribution < -0.4 is 11.1 Å². The molecule has 0 heterocycles. The van der Waals surface area contributed by atoms with Crippen molar-refractivity contribution in [3.63, 3.8) is 0 Å². The average molecular weight is 155 g/mol. The summed E-state index contributed by atoms with van der Waals surface area (Å²) in [7, 11) is 0. The van der Waals surface area contributed by atoms with Crippen LogP contribution in [0.5, 0.6) is 0 Å². The third kappa shape index (κ3) is 6.31. The summed E-state index contributed by atoms with van der Waals surface area (Å²) in [5.74, 6) is -0.845. The molecule has 0 aliphatic heterocycles. The van der Waals surface area contributed by atoms with Crippen molar-refractivity contribution >= 4 is 11.8 Å². The van der Waals surface area contributed by atoms with E-state index >= 15 is 0 Å². The van der Waals surface area contributed by atoms with Crippen molar-refractivity contribution in [1.29, 1.82) is 5.26 Å². The van der Waals surface area contributed by atoms with Gasteiger partial charge in [0, 0.05) is 12.8 Å². The number of nitriles is 1. The minimum absolute atomic E-state index is 0.0251. The first-order valence-corrected chi connectivity index (χ1v) is 3.08. The van der Waals surface area contributed by atoms with Crippen molar-refractivity contribution in [2.24, 2.45) is 5.73 Å². The fourth-order valence-electron chi connectivity index (χ4n) is 0.463. The summed E-state index contributed by atoms with van der Waals surface area (Å²) in [4.78, 5) is 20.8. The highest BCUT2D eigenvalue weighted by Crippen LogP contribution is 1.85. The highest BCUT2D eigenvalue weighted by Gasteiger charge is 2.01. The maximum absolute atomic E-state index is 10.6. The number of nitrogens with zero attached hydrogens (tertiary/aromatic N) is 1. The molecule has 5 heteroatoms. The van der Waals surface area contributed by atoms with E-state index < -0.39 is 5.91 Å². The molecule has 0 aromatic carbocycles. The Kier molecular flexibility index (Phi) is 4.49. The molecule has 0 saturated carbocycles. The van der Waals surface area contributed by atoms with E-state index in [2.05, 4.69) is 5.32 Å². The Morgan fingerprint density at radius 3 is 2.55 bits per heavy atom. The third-order valence-electron chi connectivity index (χ3n) is 0.963. The monoisotopic (exact) mass is 155 g/mol. The summed E-state index contributed by atoms with van der Waals surface area (Å²) in [6.07, 6.45) is 0.0777. The Bertz CT molecular complexity index is 194. The molecular formula is C6H9N3O2. The minimum atomic E-state index is -0.517. The van der Waals surface area contributed by atoms with E-state index in [1.807, 2.05) is 0 Å². The van der Waals surface area contributed by atoms with E-state index in [0.29, 0.717) is 0 Å². The first kappa shape index (κ1) is 9.43. The van der Waals surface area contributed by atoms with Gasteiger partial charge < -0.3 is 11.1 Å². The maximum atomic E-state index is 10.6. The van der Waals surface area contributed by atoms with Crippen molar-refractivity contribution in [3.8, 4) is 6.07 Å². The van der Waals surface area contributed by atoms with Crippen LogP contribution in [-0.4, -0.2) is 18.4 Å². The molecule has 0 unspecified atom stereocenters. The van der Waals surface area contributed by atoms with Gasteiger partial charge in [0.1, 0.15) is 6.54 Å². The summed E-state index contributed by atoms with van der Waals surface area (Å²) in [5.41, 5.74) is 4.79. The van der Waals surface area contributed by atoms with E-state index in [1.54, 1.807) is 6.07 Å². The average Bonchev–Trinajstić information content (AvgIpc) is 1.97. The van der Waals surface area contributed by atoms with E-state index in [0.717, 1.165) is 0 Å². The van der Waals surface area contributed by atoms with Gasteiger partial charge in [-0.15, -0.1) is 0 Å². The Labute approximate surface area is 64.2 Å². The summed E-state index contributed by atoms with van der Waals surface area (Å²) in [6, 6.07) is 1.74. The standard InChI is InChI=1S/C6H9N3O2/c7-3-4-9-6(11)2-1-5(8)10/h1-2,4H2,(H2,8,10)(H,9,11). The number of hydrogen-bond acceptors (Lipinski definition) is 3. The smallest absolute Gasteiger partial charge is 0.221 e. The van der Waals surface area contributed by atoms with Gasteiger partial charge >= 0.3 is 0 Å². The number of primary amides is 1. The molecule has 0 aromatic rings. The van der Waals surface area contributed by atoms with Gasteiger partial charge in [0.15, 0.2) is 0 Å². The molecule has 0 rings (SSSR count). The second-order valence-corrected chi connectivity index (χ2v) is 1.90. The number of carbonyl (C=O) groups excluding carboxylic acids is 2. The molecule has 3 N–H and O–H groups in total. The fourth-order valence-corrected chi connectivity index (χ4v) is 0.463. The Morgan fingerprint density at radius 1 is 1.45 bits per heavy atom. The van der Waals surface area contributed by atoms with Gasteiger partial charge in [-0.25, -0.2) is 0 Å². The zero-order valence-electron chi connectivity index (χ0n) is 5.96. The molecule has 5 nitrogen and oxygen atoms in total. The van der Waals surface area contributed by atoms with Crippen LogP contribution in [0.4, 0.5) is 0 Å². The Balaban J connectivity index is 3.39. The number of nitrogens with one attached hydrogen (secondary N) is 1.